The molecule has 12 heavy (non-hydrogen) atoms. The van der Waals surface area contributed by atoms with Gasteiger partial charge < -0.3 is 0 Å². The average molecular weight is 184 g/mol. The van der Waals surface area contributed by atoms with Crippen LogP contribution in [0.2, 0.25) is 0 Å². The van der Waals surface area contributed by atoms with Crippen molar-refractivity contribution in [3.05, 3.63) is 22.0 Å². The second-order valence-electron chi connectivity index (χ2n) is 3.08. The highest BCUT2D eigenvalue weighted by molar-refractivity contribution is 8.06. The van der Waals surface area contributed by atoms with Gasteiger partial charge in [-0.15, -0.1) is 0 Å². The Morgan fingerprint density at radius 1 is 1.25 bits per heavy atom. The average Bonchev–Trinajstić information content (AvgIpc) is 2.04. The molecule has 0 radical (unpaired) electrons. The maximum absolute atomic E-state index is 3.98. The van der Waals surface area contributed by atoms with Gasteiger partial charge >= 0.3 is 0 Å². The van der Waals surface area contributed by atoms with Crippen molar-refractivity contribution in [3.8, 4) is 0 Å². The van der Waals surface area contributed by atoms with Crippen LogP contribution in [0.3, 0.4) is 0 Å². The lowest BCUT2D eigenvalue weighted by molar-refractivity contribution is 0.900. The minimum absolute atomic E-state index is 1.07. The second kappa shape index (κ2) is 6.36. The van der Waals surface area contributed by atoms with Crippen molar-refractivity contribution < 1.29 is 0 Å². The molecule has 0 saturated carbocycles. The summed E-state index contributed by atoms with van der Waals surface area (Å²) in [7, 11) is 0. The number of thioether (sulfide) groups is 1. The standard InChI is InChI=1S/C11H20S/c1-6-8-9(3)11(5)12-10(4)7-2/h4,6-8H2,1-3,5H3/b11-9+. The molecule has 0 spiro atoms. The van der Waals surface area contributed by atoms with Crippen molar-refractivity contribution >= 4 is 11.8 Å². The van der Waals surface area contributed by atoms with Crippen LogP contribution < -0.4 is 0 Å². The normalized spacial score (nSPS) is 12.7. The molecule has 0 unspecified atom stereocenters. The Morgan fingerprint density at radius 3 is 2.25 bits per heavy atom. The third-order valence-electron chi connectivity index (χ3n) is 1.92. The molecule has 0 aliphatic heterocycles. The summed E-state index contributed by atoms with van der Waals surface area (Å²) in [6.07, 6.45) is 3.53. The highest BCUT2D eigenvalue weighted by Gasteiger charge is 1.98. The molecule has 0 heterocycles. The molecule has 0 aliphatic carbocycles. The van der Waals surface area contributed by atoms with Crippen molar-refractivity contribution in [1.82, 2.24) is 0 Å². The van der Waals surface area contributed by atoms with Crippen LogP contribution in [0.25, 0.3) is 0 Å². The zero-order valence-electron chi connectivity index (χ0n) is 8.74. The molecule has 1 heteroatoms. The highest BCUT2D eigenvalue weighted by atomic mass is 32.2. The van der Waals surface area contributed by atoms with E-state index in [0.29, 0.717) is 0 Å². The molecule has 0 rings (SSSR count). The maximum Gasteiger partial charge on any atom is -0.0148 e. The van der Waals surface area contributed by atoms with Crippen LogP contribution in [-0.2, 0) is 0 Å². The molecule has 0 nitrogen and oxygen atoms in total. The monoisotopic (exact) mass is 184 g/mol. The van der Waals surface area contributed by atoms with Crippen LogP contribution in [0, 0.1) is 0 Å². The number of rotatable bonds is 5. The maximum atomic E-state index is 3.98. The summed E-state index contributed by atoms with van der Waals surface area (Å²) >= 11 is 1.83. The van der Waals surface area contributed by atoms with E-state index in [9.17, 15) is 0 Å². The van der Waals surface area contributed by atoms with Gasteiger partial charge in [0.1, 0.15) is 0 Å². The summed E-state index contributed by atoms with van der Waals surface area (Å²) in [5, 5.41) is 0. The van der Waals surface area contributed by atoms with Gasteiger partial charge in [0.2, 0.25) is 0 Å². The van der Waals surface area contributed by atoms with Crippen molar-refractivity contribution in [1.29, 1.82) is 0 Å². The molecule has 70 valence electrons. The first kappa shape index (κ1) is 11.8. The fourth-order valence-corrected chi connectivity index (χ4v) is 1.78. The fourth-order valence-electron chi connectivity index (χ4n) is 0.927. The third kappa shape index (κ3) is 4.66. The van der Waals surface area contributed by atoms with E-state index in [2.05, 4.69) is 34.3 Å². The van der Waals surface area contributed by atoms with Gasteiger partial charge in [-0.3, -0.25) is 0 Å². The first-order valence-corrected chi connectivity index (χ1v) is 5.45. The molecule has 0 atom stereocenters. The molecule has 0 aliphatic rings. The van der Waals surface area contributed by atoms with Crippen LogP contribution in [0.5, 0.6) is 0 Å². The predicted octanol–water partition coefficient (Wildman–Crippen LogP) is 4.74. The van der Waals surface area contributed by atoms with Crippen LogP contribution >= 0.6 is 11.8 Å². The molecular formula is C11H20S. The van der Waals surface area contributed by atoms with Gasteiger partial charge in [-0.1, -0.05) is 44.2 Å². The van der Waals surface area contributed by atoms with Crippen LogP contribution in [0.15, 0.2) is 22.0 Å². The summed E-state index contributed by atoms with van der Waals surface area (Å²) in [6.45, 7) is 12.8. The van der Waals surface area contributed by atoms with Gasteiger partial charge in [0.15, 0.2) is 0 Å². The zero-order valence-corrected chi connectivity index (χ0v) is 9.55. The molecule has 0 amide bonds. The SMILES string of the molecule is C=C(CC)S/C(C)=C(\C)CCC. The summed E-state index contributed by atoms with van der Waals surface area (Å²) in [5.74, 6) is 0. The fraction of sp³-hybridized carbons (Fsp3) is 0.636. The number of hydrogen-bond donors (Lipinski definition) is 0. The Labute approximate surface area is 81.1 Å². The Hall–Kier alpha value is -0.170. The Balaban J connectivity index is 4.06. The van der Waals surface area contributed by atoms with E-state index in [4.69, 9.17) is 0 Å². The Bertz CT molecular complexity index is 177. The van der Waals surface area contributed by atoms with E-state index in [0.717, 1.165) is 6.42 Å². The molecule has 0 fully saturated rings. The second-order valence-corrected chi connectivity index (χ2v) is 4.47. The molecule has 0 N–H and O–H groups in total. The minimum atomic E-state index is 1.07. The van der Waals surface area contributed by atoms with Crippen molar-refractivity contribution in [2.75, 3.05) is 0 Å². The lowest BCUT2D eigenvalue weighted by Crippen LogP contribution is -1.81. The molecule has 0 aromatic rings. The Kier molecular flexibility index (Phi) is 6.27. The summed E-state index contributed by atoms with van der Waals surface area (Å²) < 4.78 is 0. The predicted molar refractivity (Wildman–Crippen MR) is 60.3 cm³/mol. The third-order valence-corrected chi connectivity index (χ3v) is 3.15. The van der Waals surface area contributed by atoms with Crippen LogP contribution in [0.4, 0.5) is 0 Å². The van der Waals surface area contributed by atoms with Gasteiger partial charge in [-0.2, -0.15) is 0 Å². The van der Waals surface area contributed by atoms with Crippen LogP contribution in [-0.4, -0.2) is 0 Å². The molecule has 0 bridgehead atoms. The van der Waals surface area contributed by atoms with E-state index in [1.54, 1.807) is 0 Å². The lowest BCUT2D eigenvalue weighted by Gasteiger charge is -2.06. The Morgan fingerprint density at radius 2 is 1.83 bits per heavy atom. The molecule has 0 saturated heterocycles. The molecule has 0 aromatic heterocycles. The van der Waals surface area contributed by atoms with E-state index in [1.165, 1.54) is 28.2 Å². The minimum Gasteiger partial charge on any atom is -0.1000 e. The first-order valence-electron chi connectivity index (χ1n) is 4.63. The van der Waals surface area contributed by atoms with Gasteiger partial charge in [-0.05, 0) is 36.5 Å². The highest BCUT2D eigenvalue weighted by Crippen LogP contribution is 2.29. The summed E-state index contributed by atoms with van der Waals surface area (Å²) in [6, 6.07) is 0. The molecular weight excluding hydrogens is 164 g/mol. The van der Waals surface area contributed by atoms with Crippen LogP contribution in [0.1, 0.15) is 47.0 Å². The topological polar surface area (TPSA) is 0 Å². The van der Waals surface area contributed by atoms with Gasteiger partial charge in [-0.25, -0.2) is 0 Å². The van der Waals surface area contributed by atoms with Crippen molar-refractivity contribution in [3.63, 3.8) is 0 Å². The van der Waals surface area contributed by atoms with E-state index in [-0.39, 0.29) is 0 Å². The van der Waals surface area contributed by atoms with E-state index in [1.807, 2.05) is 11.8 Å². The smallest absolute Gasteiger partial charge is 0.0148 e. The van der Waals surface area contributed by atoms with Gasteiger partial charge in [0.25, 0.3) is 0 Å². The van der Waals surface area contributed by atoms with E-state index >= 15 is 0 Å². The van der Waals surface area contributed by atoms with Gasteiger partial charge in [0.05, 0.1) is 0 Å². The van der Waals surface area contributed by atoms with Gasteiger partial charge in [0, 0.05) is 0 Å². The summed E-state index contributed by atoms with van der Waals surface area (Å²) in [4.78, 5) is 2.70. The summed E-state index contributed by atoms with van der Waals surface area (Å²) in [5.41, 5.74) is 1.51. The number of hydrogen-bond acceptors (Lipinski definition) is 1. The number of allylic oxidation sites excluding steroid dienone is 3. The molecule has 0 aromatic carbocycles. The van der Waals surface area contributed by atoms with Crippen molar-refractivity contribution in [2.45, 2.75) is 47.0 Å². The largest absolute Gasteiger partial charge is 0.1000 e. The lowest BCUT2D eigenvalue weighted by atomic mass is 10.2. The first-order chi connectivity index (χ1) is 5.61. The quantitative estimate of drug-likeness (QED) is 0.595. The zero-order chi connectivity index (χ0) is 9.56. The van der Waals surface area contributed by atoms with Crippen molar-refractivity contribution in [2.24, 2.45) is 0 Å². The van der Waals surface area contributed by atoms with E-state index < -0.39 is 0 Å².